The van der Waals surface area contributed by atoms with Crippen LogP contribution in [0.15, 0.2) is 12.2 Å². The van der Waals surface area contributed by atoms with Crippen molar-refractivity contribution in [2.45, 2.75) is 109 Å². The first kappa shape index (κ1) is 23.6. The average molecular weight is 371 g/mol. The molecule has 1 fully saturated rings. The van der Waals surface area contributed by atoms with Crippen molar-refractivity contribution in [3.8, 4) is 0 Å². The lowest BCUT2D eigenvalue weighted by atomic mass is 10.1. The largest absolute Gasteiger partial charge is 0.390 e. The third kappa shape index (κ3) is 12.9. The van der Waals surface area contributed by atoms with E-state index in [2.05, 4.69) is 19.1 Å². The Kier molecular flexibility index (Phi) is 13.3. The van der Waals surface area contributed by atoms with Crippen molar-refractivity contribution in [3.63, 3.8) is 0 Å². The molecule has 1 rings (SSSR count). The van der Waals surface area contributed by atoms with Crippen LogP contribution in [-0.4, -0.2) is 42.9 Å². The van der Waals surface area contributed by atoms with Gasteiger partial charge in [-0.05, 0) is 33.1 Å². The average Bonchev–Trinajstić information content (AvgIpc) is 2.95. The summed E-state index contributed by atoms with van der Waals surface area (Å²) in [6, 6.07) is 0. The Hall–Kier alpha value is -0.420. The first-order chi connectivity index (χ1) is 12.5. The lowest BCUT2D eigenvalue weighted by Crippen LogP contribution is -2.25. The first-order valence-corrected chi connectivity index (χ1v) is 10.8. The summed E-state index contributed by atoms with van der Waals surface area (Å²) in [6.07, 6.45) is 17.8. The summed E-state index contributed by atoms with van der Waals surface area (Å²) in [5.74, 6) is -0.509. The van der Waals surface area contributed by atoms with E-state index in [4.69, 9.17) is 14.2 Å². The van der Waals surface area contributed by atoms with Crippen molar-refractivity contribution < 1.29 is 19.3 Å². The Balaban J connectivity index is 1.85. The van der Waals surface area contributed by atoms with Gasteiger partial charge in [0.25, 0.3) is 0 Å². The molecule has 0 radical (unpaired) electrons. The maximum absolute atomic E-state index is 9.94. The molecule has 0 amide bonds. The highest BCUT2D eigenvalue weighted by Gasteiger charge is 2.32. The molecule has 0 bridgehead atoms. The van der Waals surface area contributed by atoms with Gasteiger partial charge in [0.15, 0.2) is 5.79 Å². The van der Waals surface area contributed by atoms with Gasteiger partial charge in [0, 0.05) is 0 Å². The van der Waals surface area contributed by atoms with E-state index in [0.717, 1.165) is 6.42 Å². The van der Waals surface area contributed by atoms with Crippen molar-refractivity contribution in [1.29, 1.82) is 0 Å². The molecule has 0 aliphatic carbocycles. The van der Waals surface area contributed by atoms with Gasteiger partial charge in [0.05, 0.1) is 25.9 Å². The molecule has 0 saturated carbocycles. The standard InChI is InChI=1S/C22H42O4/c1-4-5-6-7-8-9-10-11-12-13-14-15-16-20(23)17-24-18-21-19-25-22(2,3)26-21/h14-15,20-21,23H,4-13,16-19H2,1-3H3/b15-14-/t20-,21?/m1/s1. The second kappa shape index (κ2) is 14.6. The van der Waals surface area contributed by atoms with E-state index in [1.165, 1.54) is 57.8 Å². The number of ether oxygens (including phenoxy) is 3. The quantitative estimate of drug-likeness (QED) is 0.293. The van der Waals surface area contributed by atoms with E-state index in [9.17, 15) is 5.11 Å². The Morgan fingerprint density at radius 3 is 2.31 bits per heavy atom. The molecule has 2 atom stereocenters. The topological polar surface area (TPSA) is 47.9 Å². The van der Waals surface area contributed by atoms with Crippen molar-refractivity contribution in [2.75, 3.05) is 19.8 Å². The summed E-state index contributed by atoms with van der Waals surface area (Å²) in [4.78, 5) is 0. The Morgan fingerprint density at radius 2 is 1.69 bits per heavy atom. The minimum Gasteiger partial charge on any atom is -0.390 e. The summed E-state index contributed by atoms with van der Waals surface area (Å²) < 4.78 is 16.7. The van der Waals surface area contributed by atoms with E-state index < -0.39 is 11.9 Å². The van der Waals surface area contributed by atoms with Gasteiger partial charge < -0.3 is 19.3 Å². The van der Waals surface area contributed by atoms with Crippen LogP contribution in [0.1, 0.15) is 91.4 Å². The zero-order valence-electron chi connectivity index (χ0n) is 17.4. The van der Waals surface area contributed by atoms with Gasteiger partial charge in [-0.1, -0.05) is 70.4 Å². The summed E-state index contributed by atoms with van der Waals surface area (Å²) in [7, 11) is 0. The van der Waals surface area contributed by atoms with Crippen LogP contribution >= 0.6 is 0 Å². The van der Waals surface area contributed by atoms with E-state index in [1.807, 2.05) is 13.8 Å². The highest BCUT2D eigenvalue weighted by molar-refractivity contribution is 4.84. The van der Waals surface area contributed by atoms with Gasteiger partial charge in [0.1, 0.15) is 6.10 Å². The van der Waals surface area contributed by atoms with Gasteiger partial charge in [-0.2, -0.15) is 0 Å². The number of aliphatic hydroxyl groups excluding tert-OH is 1. The summed E-state index contributed by atoms with van der Waals surface area (Å²) >= 11 is 0. The van der Waals surface area contributed by atoms with Crippen LogP contribution in [0.2, 0.25) is 0 Å². The molecule has 0 aromatic carbocycles. The summed E-state index contributed by atoms with van der Waals surface area (Å²) in [5.41, 5.74) is 0. The number of rotatable bonds is 16. The van der Waals surface area contributed by atoms with E-state index >= 15 is 0 Å². The van der Waals surface area contributed by atoms with Gasteiger partial charge in [-0.25, -0.2) is 0 Å². The normalized spacial score (nSPS) is 20.8. The van der Waals surface area contributed by atoms with Crippen LogP contribution in [0.25, 0.3) is 0 Å². The SMILES string of the molecule is CCCCCCCCCCC/C=C\C[C@@H](O)COCC1COC(C)(C)O1. The molecular weight excluding hydrogens is 328 g/mol. The van der Waals surface area contributed by atoms with Crippen LogP contribution in [0.3, 0.4) is 0 Å². The number of aliphatic hydroxyl groups is 1. The summed E-state index contributed by atoms with van der Waals surface area (Å²) in [5, 5.41) is 9.94. The molecule has 4 heteroatoms. The van der Waals surface area contributed by atoms with Gasteiger partial charge in [-0.15, -0.1) is 0 Å². The fourth-order valence-electron chi connectivity index (χ4n) is 3.19. The fraction of sp³-hybridized carbons (Fsp3) is 0.909. The van der Waals surface area contributed by atoms with Crippen LogP contribution in [-0.2, 0) is 14.2 Å². The molecule has 1 N–H and O–H groups in total. The van der Waals surface area contributed by atoms with Crippen LogP contribution in [0.4, 0.5) is 0 Å². The Morgan fingerprint density at radius 1 is 1.04 bits per heavy atom. The lowest BCUT2D eigenvalue weighted by Gasteiger charge is -2.17. The minimum absolute atomic E-state index is 0.0283. The van der Waals surface area contributed by atoms with Gasteiger partial charge >= 0.3 is 0 Å². The molecule has 1 unspecified atom stereocenters. The highest BCUT2D eigenvalue weighted by atomic mass is 16.7. The lowest BCUT2D eigenvalue weighted by molar-refractivity contribution is -0.146. The van der Waals surface area contributed by atoms with Gasteiger partial charge in [0.2, 0.25) is 0 Å². The number of unbranched alkanes of at least 4 members (excludes halogenated alkanes) is 9. The van der Waals surface area contributed by atoms with Crippen LogP contribution in [0.5, 0.6) is 0 Å². The maximum Gasteiger partial charge on any atom is 0.163 e. The van der Waals surface area contributed by atoms with Crippen molar-refractivity contribution in [2.24, 2.45) is 0 Å². The number of hydrogen-bond donors (Lipinski definition) is 1. The molecule has 0 aromatic rings. The van der Waals surface area contributed by atoms with Gasteiger partial charge in [-0.3, -0.25) is 0 Å². The number of hydrogen-bond acceptors (Lipinski definition) is 4. The highest BCUT2D eigenvalue weighted by Crippen LogP contribution is 2.22. The molecular formula is C22H42O4. The monoisotopic (exact) mass is 370 g/mol. The van der Waals surface area contributed by atoms with Crippen molar-refractivity contribution in [3.05, 3.63) is 12.2 Å². The first-order valence-electron chi connectivity index (χ1n) is 10.8. The molecule has 1 aliphatic heterocycles. The van der Waals surface area contributed by atoms with Crippen molar-refractivity contribution >= 4 is 0 Å². The minimum atomic E-state index is -0.509. The summed E-state index contributed by atoms with van der Waals surface area (Å²) in [6.45, 7) is 7.45. The molecule has 26 heavy (non-hydrogen) atoms. The van der Waals surface area contributed by atoms with E-state index in [1.54, 1.807) is 0 Å². The second-order valence-electron chi connectivity index (χ2n) is 7.97. The molecule has 0 aromatic heterocycles. The Bertz CT molecular complexity index is 354. The molecule has 1 heterocycles. The fourth-order valence-corrected chi connectivity index (χ4v) is 3.19. The smallest absolute Gasteiger partial charge is 0.163 e. The Labute approximate surface area is 161 Å². The van der Waals surface area contributed by atoms with Crippen LogP contribution in [0, 0.1) is 0 Å². The zero-order chi connectivity index (χ0) is 19.1. The zero-order valence-corrected chi connectivity index (χ0v) is 17.4. The number of allylic oxidation sites excluding steroid dienone is 1. The predicted molar refractivity (Wildman–Crippen MR) is 107 cm³/mol. The third-order valence-corrected chi connectivity index (χ3v) is 4.73. The maximum atomic E-state index is 9.94. The molecule has 4 nitrogen and oxygen atoms in total. The molecule has 0 spiro atoms. The molecule has 1 aliphatic rings. The van der Waals surface area contributed by atoms with E-state index in [-0.39, 0.29) is 6.10 Å². The second-order valence-corrected chi connectivity index (χ2v) is 7.97. The molecule has 154 valence electrons. The van der Waals surface area contributed by atoms with Crippen molar-refractivity contribution in [1.82, 2.24) is 0 Å². The predicted octanol–water partition coefficient (Wildman–Crippen LogP) is 5.38. The van der Waals surface area contributed by atoms with E-state index in [0.29, 0.717) is 26.2 Å². The molecule has 1 saturated heterocycles. The van der Waals surface area contributed by atoms with Crippen LogP contribution < -0.4 is 0 Å². The third-order valence-electron chi connectivity index (χ3n) is 4.73.